The maximum absolute atomic E-state index is 13.0. The fourth-order valence-electron chi connectivity index (χ4n) is 5.18. The van der Waals surface area contributed by atoms with Gasteiger partial charge in [-0.25, -0.2) is 0 Å². The number of anilines is 1. The van der Waals surface area contributed by atoms with Crippen molar-refractivity contribution in [3.8, 4) is 11.1 Å². The van der Waals surface area contributed by atoms with Crippen molar-refractivity contribution in [1.29, 1.82) is 0 Å². The smallest absolute Gasteiger partial charge is 0.270 e. The van der Waals surface area contributed by atoms with Crippen LogP contribution in [-0.4, -0.2) is 55.1 Å². The molecule has 1 aromatic heterocycles. The first-order valence-electron chi connectivity index (χ1n) is 12.2. The molecule has 2 aromatic carbocycles. The molecule has 1 aliphatic heterocycles. The number of carbonyl (C=O) groups excluding carboxylic acids is 1. The van der Waals surface area contributed by atoms with Crippen LogP contribution in [0.1, 0.15) is 33.6 Å². The van der Waals surface area contributed by atoms with E-state index < -0.39 is 0 Å². The largest absolute Gasteiger partial charge is 0.369 e. The molecular formula is C28H30Cl2N4O. The van der Waals surface area contributed by atoms with Gasteiger partial charge in [0.05, 0.1) is 0 Å². The van der Waals surface area contributed by atoms with Gasteiger partial charge in [0, 0.05) is 65.3 Å². The van der Waals surface area contributed by atoms with Gasteiger partial charge in [0.2, 0.25) is 0 Å². The van der Waals surface area contributed by atoms with Gasteiger partial charge in [-0.3, -0.25) is 9.78 Å². The third-order valence-corrected chi connectivity index (χ3v) is 7.80. The number of nitrogens with one attached hydrogen (secondary N) is 1. The van der Waals surface area contributed by atoms with E-state index in [1.807, 2.05) is 12.1 Å². The number of halogens is 2. The van der Waals surface area contributed by atoms with Crippen LogP contribution in [0.3, 0.4) is 0 Å². The fraction of sp³-hybridized carbons (Fsp3) is 0.357. The van der Waals surface area contributed by atoms with Gasteiger partial charge in [0.1, 0.15) is 5.69 Å². The third-order valence-electron chi connectivity index (χ3n) is 7.25. The molecule has 1 aliphatic carbocycles. The lowest BCUT2D eigenvalue weighted by molar-refractivity contribution is 0.0928. The van der Waals surface area contributed by atoms with Crippen LogP contribution < -0.4 is 10.2 Å². The number of fused-ring (bicyclic) bond motifs is 1. The normalized spacial score (nSPS) is 18.3. The molecule has 2 heterocycles. The van der Waals surface area contributed by atoms with E-state index in [-0.39, 0.29) is 11.9 Å². The second kappa shape index (κ2) is 10.2. The zero-order chi connectivity index (χ0) is 24.5. The number of piperazine rings is 1. The number of aryl methyl sites for hydroxylation is 1. The van der Waals surface area contributed by atoms with Gasteiger partial charge in [0.25, 0.3) is 5.91 Å². The maximum atomic E-state index is 13.0. The average Bonchev–Trinajstić information content (AvgIpc) is 2.85. The Kier molecular flexibility index (Phi) is 7.01. The Hall–Kier alpha value is -2.60. The van der Waals surface area contributed by atoms with Gasteiger partial charge >= 0.3 is 0 Å². The molecule has 0 saturated carbocycles. The number of likely N-dealkylation sites (N-methyl/N-ethyl adjacent to an activating group) is 1. The topological polar surface area (TPSA) is 48.5 Å². The number of rotatable bonds is 4. The van der Waals surface area contributed by atoms with E-state index >= 15 is 0 Å². The second-order valence-electron chi connectivity index (χ2n) is 9.62. The van der Waals surface area contributed by atoms with E-state index in [9.17, 15) is 4.79 Å². The van der Waals surface area contributed by atoms with Crippen molar-refractivity contribution >= 4 is 34.8 Å². The number of amides is 1. The minimum atomic E-state index is -0.138. The van der Waals surface area contributed by atoms with E-state index in [1.165, 1.54) is 22.4 Å². The molecule has 35 heavy (non-hydrogen) atoms. The standard InChI is InChI=1S/C28H30Cl2N4O/c1-18-3-10-27(34-13-11-33(2)12-14-34)24-16-21(6-8-22(18)24)32-28(35)26-9-4-19(17-31-26)23-7-5-20(29)15-25(23)30/h3-5,7,9-10,15,17,21H,6,8,11-14,16H2,1-2H3,(H,32,35)/t21-/m0/s1. The first-order chi connectivity index (χ1) is 16.9. The van der Waals surface area contributed by atoms with E-state index in [4.69, 9.17) is 23.2 Å². The Labute approximate surface area is 217 Å². The Morgan fingerprint density at radius 2 is 1.83 bits per heavy atom. The van der Waals surface area contributed by atoms with Gasteiger partial charge in [0.15, 0.2) is 0 Å². The highest BCUT2D eigenvalue weighted by atomic mass is 35.5. The molecule has 0 unspecified atom stereocenters. The maximum Gasteiger partial charge on any atom is 0.270 e. The molecule has 1 fully saturated rings. The monoisotopic (exact) mass is 508 g/mol. The summed E-state index contributed by atoms with van der Waals surface area (Å²) in [5, 5.41) is 4.38. The van der Waals surface area contributed by atoms with Gasteiger partial charge in [-0.05, 0) is 74.2 Å². The van der Waals surface area contributed by atoms with Crippen molar-refractivity contribution in [2.75, 3.05) is 38.1 Å². The Morgan fingerprint density at radius 3 is 2.54 bits per heavy atom. The van der Waals surface area contributed by atoms with E-state index in [1.54, 1.807) is 24.4 Å². The van der Waals surface area contributed by atoms with E-state index in [0.29, 0.717) is 15.7 Å². The van der Waals surface area contributed by atoms with Crippen LogP contribution in [0.5, 0.6) is 0 Å². The number of nitrogens with zero attached hydrogens (tertiary/aromatic N) is 3. The zero-order valence-corrected chi connectivity index (χ0v) is 21.7. The highest BCUT2D eigenvalue weighted by molar-refractivity contribution is 6.36. The summed E-state index contributed by atoms with van der Waals surface area (Å²) >= 11 is 12.3. The van der Waals surface area contributed by atoms with Crippen molar-refractivity contribution in [3.05, 3.63) is 81.1 Å². The third kappa shape index (κ3) is 5.18. The summed E-state index contributed by atoms with van der Waals surface area (Å²) in [4.78, 5) is 22.3. The van der Waals surface area contributed by atoms with Crippen molar-refractivity contribution in [2.24, 2.45) is 0 Å². The van der Waals surface area contributed by atoms with Crippen molar-refractivity contribution in [2.45, 2.75) is 32.2 Å². The summed E-state index contributed by atoms with van der Waals surface area (Å²) in [5.74, 6) is -0.138. The van der Waals surface area contributed by atoms with Crippen LogP contribution in [-0.2, 0) is 12.8 Å². The second-order valence-corrected chi connectivity index (χ2v) is 10.5. The lowest BCUT2D eigenvalue weighted by atomic mass is 9.84. The quantitative estimate of drug-likeness (QED) is 0.512. The predicted octanol–water partition coefficient (Wildman–Crippen LogP) is 5.40. The number of hydrogen-bond donors (Lipinski definition) is 1. The molecule has 1 saturated heterocycles. The summed E-state index contributed by atoms with van der Waals surface area (Å²) < 4.78 is 0. The SMILES string of the molecule is Cc1ccc(N2CCN(C)CC2)c2c1CC[C@H](NC(=O)c1ccc(-c3ccc(Cl)cc3Cl)cn1)C2. The van der Waals surface area contributed by atoms with Crippen LogP contribution in [0.25, 0.3) is 11.1 Å². The molecule has 1 N–H and O–H groups in total. The first kappa shape index (κ1) is 24.1. The Morgan fingerprint density at radius 1 is 1.03 bits per heavy atom. The minimum Gasteiger partial charge on any atom is -0.369 e. The van der Waals surface area contributed by atoms with Crippen molar-refractivity contribution < 1.29 is 4.79 Å². The first-order valence-corrected chi connectivity index (χ1v) is 12.9. The summed E-state index contributed by atoms with van der Waals surface area (Å²) in [6, 6.07) is 13.6. The molecule has 5 nitrogen and oxygen atoms in total. The van der Waals surface area contributed by atoms with E-state index in [0.717, 1.165) is 56.6 Å². The lowest BCUT2D eigenvalue weighted by Gasteiger charge is -2.37. The fourth-order valence-corrected chi connectivity index (χ4v) is 5.70. The summed E-state index contributed by atoms with van der Waals surface area (Å²) in [6.45, 7) is 6.43. The molecule has 3 aromatic rings. The van der Waals surface area contributed by atoms with Crippen molar-refractivity contribution in [3.63, 3.8) is 0 Å². The molecule has 182 valence electrons. The molecule has 0 bridgehead atoms. The van der Waals surface area contributed by atoms with Gasteiger partial charge < -0.3 is 15.1 Å². The summed E-state index contributed by atoms with van der Waals surface area (Å²) in [5.41, 5.74) is 7.63. The van der Waals surface area contributed by atoms with Gasteiger partial charge in [-0.15, -0.1) is 0 Å². The number of benzene rings is 2. The molecule has 5 rings (SSSR count). The summed E-state index contributed by atoms with van der Waals surface area (Å²) in [7, 11) is 2.18. The van der Waals surface area contributed by atoms with Gasteiger partial charge in [-0.1, -0.05) is 41.4 Å². The lowest BCUT2D eigenvalue weighted by Crippen LogP contribution is -2.45. The molecule has 0 radical (unpaired) electrons. The minimum absolute atomic E-state index is 0.0928. The highest BCUT2D eigenvalue weighted by Crippen LogP contribution is 2.34. The number of hydrogen-bond acceptors (Lipinski definition) is 4. The Balaban J connectivity index is 1.30. The molecular weight excluding hydrogens is 479 g/mol. The van der Waals surface area contributed by atoms with Crippen molar-refractivity contribution in [1.82, 2.24) is 15.2 Å². The number of carbonyl (C=O) groups is 1. The van der Waals surface area contributed by atoms with Gasteiger partial charge in [-0.2, -0.15) is 0 Å². The molecule has 2 aliphatic rings. The van der Waals surface area contributed by atoms with Crippen LogP contribution in [0, 0.1) is 6.92 Å². The van der Waals surface area contributed by atoms with Crippen LogP contribution in [0.2, 0.25) is 10.0 Å². The van der Waals surface area contributed by atoms with Crippen LogP contribution >= 0.6 is 23.2 Å². The molecule has 0 spiro atoms. The predicted molar refractivity (Wildman–Crippen MR) is 144 cm³/mol. The number of aromatic nitrogens is 1. The molecule has 7 heteroatoms. The number of pyridine rings is 1. The molecule has 1 amide bonds. The van der Waals surface area contributed by atoms with Crippen LogP contribution in [0.15, 0.2) is 48.7 Å². The van der Waals surface area contributed by atoms with E-state index in [2.05, 4.69) is 46.2 Å². The molecule has 1 atom stereocenters. The Bertz CT molecular complexity index is 1240. The zero-order valence-electron chi connectivity index (χ0n) is 20.2. The average molecular weight is 509 g/mol. The highest BCUT2D eigenvalue weighted by Gasteiger charge is 2.27. The summed E-state index contributed by atoms with van der Waals surface area (Å²) in [6.07, 6.45) is 4.46. The van der Waals surface area contributed by atoms with Crippen LogP contribution in [0.4, 0.5) is 5.69 Å².